The third-order valence-corrected chi connectivity index (χ3v) is 9.40. The maximum Gasteiger partial charge on any atom is 0.305 e. The van der Waals surface area contributed by atoms with Crippen molar-refractivity contribution in [2.24, 2.45) is 5.11 Å². The van der Waals surface area contributed by atoms with Crippen LogP contribution in [0.15, 0.2) is 82.8 Å². The lowest BCUT2D eigenvalue weighted by molar-refractivity contribution is -0.387. The number of nitro benzene ring substituents is 1. The average Bonchev–Trinajstić information content (AvgIpc) is 3.18. The van der Waals surface area contributed by atoms with Crippen LogP contribution in [0, 0.1) is 10.1 Å². The molecular formula is C36H40N8O10S. The molecule has 0 aliphatic carbocycles. The highest BCUT2D eigenvalue weighted by atomic mass is 32.2. The number of Topliss-reactive ketones (excluding diaryl/α,β-unsaturated/α-hetero) is 1. The number of amides is 3. The van der Waals surface area contributed by atoms with Crippen LogP contribution in [0.1, 0.15) is 58.9 Å². The Morgan fingerprint density at radius 2 is 1.73 bits per heavy atom. The molecular weight excluding hydrogens is 737 g/mol. The first-order chi connectivity index (χ1) is 26.3. The van der Waals surface area contributed by atoms with Crippen LogP contribution in [0.4, 0.5) is 5.69 Å². The van der Waals surface area contributed by atoms with E-state index in [2.05, 4.69) is 35.4 Å². The first-order valence-electron chi connectivity index (χ1n) is 16.9. The van der Waals surface area contributed by atoms with Crippen LogP contribution in [0.3, 0.4) is 0 Å². The predicted octanol–water partition coefficient (Wildman–Crippen LogP) is 3.83. The zero-order valence-electron chi connectivity index (χ0n) is 30.0. The van der Waals surface area contributed by atoms with Crippen molar-refractivity contribution in [2.75, 3.05) is 33.3 Å². The quantitative estimate of drug-likeness (QED) is 0.0140. The maximum atomic E-state index is 13.3. The number of hydrogen-bond acceptors (Lipinski definition) is 11. The lowest BCUT2D eigenvalue weighted by Gasteiger charge is -2.15. The van der Waals surface area contributed by atoms with Crippen molar-refractivity contribution in [2.45, 2.75) is 43.5 Å². The van der Waals surface area contributed by atoms with Gasteiger partial charge in [-0.3, -0.25) is 34.1 Å². The van der Waals surface area contributed by atoms with E-state index in [1.165, 1.54) is 56.5 Å². The zero-order chi connectivity index (χ0) is 40.4. The fourth-order valence-electron chi connectivity index (χ4n) is 5.09. The Hall–Kier alpha value is -6.43. The maximum absolute atomic E-state index is 13.3. The Morgan fingerprint density at radius 1 is 0.964 bits per heavy atom. The van der Waals surface area contributed by atoms with Crippen LogP contribution in [-0.2, 0) is 29.1 Å². The summed E-state index contributed by atoms with van der Waals surface area (Å²) < 4.78 is 32.3. The van der Waals surface area contributed by atoms with E-state index < -0.39 is 49.3 Å². The van der Waals surface area contributed by atoms with Crippen molar-refractivity contribution < 1.29 is 42.1 Å². The molecule has 3 amide bonds. The molecule has 0 aliphatic heterocycles. The van der Waals surface area contributed by atoms with Crippen LogP contribution in [0.2, 0.25) is 0 Å². The number of benzene rings is 3. The first-order valence-corrected chi connectivity index (χ1v) is 18.4. The third kappa shape index (κ3) is 13.5. The number of ketones is 1. The van der Waals surface area contributed by atoms with Crippen LogP contribution in [0.5, 0.6) is 0 Å². The summed E-state index contributed by atoms with van der Waals surface area (Å²) in [6.45, 7) is 0.838. The Labute approximate surface area is 316 Å². The molecule has 3 rings (SSSR count). The molecule has 3 aromatic carbocycles. The topological polar surface area (TPSA) is 269 Å². The number of carbonyl (C=O) groups is 5. The number of nitro groups is 1. The summed E-state index contributed by atoms with van der Waals surface area (Å²) in [5.41, 5.74) is 10.0. The number of methoxy groups -OCH3 is 1. The minimum atomic E-state index is -4.27. The summed E-state index contributed by atoms with van der Waals surface area (Å²) in [5.74, 6) is -2.40. The predicted molar refractivity (Wildman–Crippen MR) is 201 cm³/mol. The second-order valence-corrected chi connectivity index (χ2v) is 13.5. The van der Waals surface area contributed by atoms with Crippen molar-refractivity contribution in [1.29, 1.82) is 0 Å². The molecule has 290 valence electrons. The van der Waals surface area contributed by atoms with E-state index >= 15 is 0 Å². The van der Waals surface area contributed by atoms with E-state index in [0.29, 0.717) is 41.5 Å². The van der Waals surface area contributed by atoms with Gasteiger partial charge in [0, 0.05) is 54.2 Å². The van der Waals surface area contributed by atoms with Crippen molar-refractivity contribution >= 4 is 51.3 Å². The number of nitrogens with one attached hydrogen (secondary N) is 4. The van der Waals surface area contributed by atoms with Gasteiger partial charge in [-0.1, -0.05) is 47.9 Å². The molecule has 0 saturated heterocycles. The van der Waals surface area contributed by atoms with Crippen LogP contribution in [-0.4, -0.2) is 82.1 Å². The normalized spacial score (nSPS) is 11.5. The molecule has 0 fully saturated rings. The van der Waals surface area contributed by atoms with Crippen LogP contribution in [0.25, 0.3) is 27.6 Å². The van der Waals surface area contributed by atoms with E-state index in [-0.39, 0.29) is 49.9 Å². The Bertz CT molecular complexity index is 2100. The van der Waals surface area contributed by atoms with Crippen molar-refractivity contribution in [1.82, 2.24) is 20.7 Å². The number of ether oxygens (including phenoxy) is 1. The first kappa shape index (κ1) is 43.0. The molecule has 18 nitrogen and oxygen atoms in total. The molecule has 3 aromatic rings. The van der Waals surface area contributed by atoms with Gasteiger partial charge in [-0.05, 0) is 72.3 Å². The lowest BCUT2D eigenvalue weighted by atomic mass is 9.94. The molecule has 0 bridgehead atoms. The zero-order valence-corrected chi connectivity index (χ0v) is 30.8. The van der Waals surface area contributed by atoms with E-state index in [0.717, 1.165) is 12.1 Å². The van der Waals surface area contributed by atoms with Crippen molar-refractivity contribution in [3.63, 3.8) is 0 Å². The summed E-state index contributed by atoms with van der Waals surface area (Å²) in [6, 6.07) is 14.8. The molecule has 55 heavy (non-hydrogen) atoms. The Kier molecular flexibility index (Phi) is 16.7. The molecule has 0 saturated carbocycles. The largest absolute Gasteiger partial charge is 0.469 e. The fourth-order valence-corrected chi connectivity index (χ4v) is 6.29. The molecule has 0 spiro atoms. The summed E-state index contributed by atoms with van der Waals surface area (Å²) >= 11 is 0. The second kappa shape index (κ2) is 21.3. The Morgan fingerprint density at radius 3 is 2.44 bits per heavy atom. The number of nitrogens with zero attached hydrogens (tertiary/aromatic N) is 4. The number of rotatable bonds is 21. The van der Waals surface area contributed by atoms with E-state index in [1.54, 1.807) is 24.3 Å². The number of esters is 1. The average molecular weight is 777 g/mol. The lowest BCUT2D eigenvalue weighted by Crippen LogP contribution is -2.48. The summed E-state index contributed by atoms with van der Waals surface area (Å²) in [4.78, 5) is 75.0. The number of para-hydroxylation sites is 1. The highest BCUT2D eigenvalue weighted by Crippen LogP contribution is 2.27. The smallest absolute Gasteiger partial charge is 0.305 e. The van der Waals surface area contributed by atoms with Gasteiger partial charge in [0.2, 0.25) is 21.8 Å². The monoisotopic (exact) mass is 776 g/mol. The summed E-state index contributed by atoms with van der Waals surface area (Å²) in [7, 11) is -2.97. The van der Waals surface area contributed by atoms with Crippen molar-refractivity contribution in [3.8, 4) is 11.1 Å². The van der Waals surface area contributed by atoms with E-state index in [1.807, 2.05) is 0 Å². The van der Waals surface area contributed by atoms with Gasteiger partial charge in [0.25, 0.3) is 11.6 Å². The van der Waals surface area contributed by atoms with Gasteiger partial charge < -0.3 is 20.7 Å². The highest BCUT2D eigenvalue weighted by Gasteiger charge is 2.25. The fraction of sp³-hybridized carbons (Fsp3) is 0.306. The second-order valence-electron chi connectivity index (χ2n) is 11.8. The van der Waals surface area contributed by atoms with Gasteiger partial charge in [0.15, 0.2) is 10.7 Å². The van der Waals surface area contributed by atoms with Gasteiger partial charge >= 0.3 is 5.97 Å². The molecule has 0 aromatic heterocycles. The third-order valence-electron chi connectivity index (χ3n) is 7.89. The Balaban J connectivity index is 1.69. The van der Waals surface area contributed by atoms with E-state index in [9.17, 15) is 42.5 Å². The summed E-state index contributed by atoms with van der Waals surface area (Å²) in [5, 5.41) is 22.5. The number of hydrogen-bond donors (Lipinski definition) is 4. The van der Waals surface area contributed by atoms with E-state index in [4.69, 9.17) is 5.53 Å². The van der Waals surface area contributed by atoms with Gasteiger partial charge in [-0.15, -0.1) is 0 Å². The SMILES string of the molecule is COC(=O)CCCCCNC(=O)[C@H](CN=[N+]=[N-])NC(=O)/C=C/c1cccc(-c2cc(C(C)=O)ccc2C(=O)NCCNS(=O)(=O)c2ccccc2[N+](=O)[O-])c1. The van der Waals surface area contributed by atoms with Gasteiger partial charge in [0.1, 0.15) is 6.04 Å². The van der Waals surface area contributed by atoms with Crippen LogP contribution >= 0.6 is 0 Å². The molecule has 0 aliphatic rings. The molecule has 0 unspecified atom stereocenters. The van der Waals surface area contributed by atoms with Gasteiger partial charge in [-0.2, -0.15) is 0 Å². The minimum absolute atomic E-state index is 0.154. The number of unbranched alkanes of at least 4 members (excludes halogenated alkanes) is 2. The van der Waals surface area contributed by atoms with Gasteiger partial charge in [0.05, 0.1) is 18.6 Å². The molecule has 0 radical (unpaired) electrons. The molecule has 0 heterocycles. The summed E-state index contributed by atoms with van der Waals surface area (Å²) in [6.07, 6.45) is 4.71. The van der Waals surface area contributed by atoms with Crippen LogP contribution < -0.4 is 20.7 Å². The number of azide groups is 1. The molecule has 4 N–H and O–H groups in total. The molecule has 19 heteroatoms. The standard InChI is InChI=1S/C36H40N8O10S/c1-24(45)26-15-16-28(35(48)39-19-20-41-55(52,53)32-12-6-5-11-31(32)44(50)51)29(22-26)27-10-8-9-25(21-27)14-17-33(46)42-30(23-40-43-37)36(49)38-18-7-3-4-13-34(47)54-2/h5-6,8-12,14-17,21-22,30,41H,3-4,7,13,18-20,23H2,1-2H3,(H,38,49)(H,39,48)(H,42,46)/b17-14+/t30-/m0/s1. The highest BCUT2D eigenvalue weighted by molar-refractivity contribution is 7.89. The minimum Gasteiger partial charge on any atom is -0.469 e. The van der Waals surface area contributed by atoms with Crippen molar-refractivity contribution in [3.05, 3.63) is 110 Å². The number of carbonyl (C=O) groups excluding carboxylic acids is 5. The number of sulfonamides is 1. The van der Waals surface area contributed by atoms with Gasteiger partial charge in [-0.25, -0.2) is 13.1 Å². The molecule has 1 atom stereocenters.